The summed E-state index contributed by atoms with van der Waals surface area (Å²) in [5.74, 6) is -1.45. The highest BCUT2D eigenvalue weighted by Crippen LogP contribution is 2.39. The molecule has 0 aliphatic carbocycles. The molecule has 2 heterocycles. The Morgan fingerprint density at radius 1 is 1.28 bits per heavy atom. The Morgan fingerprint density at radius 2 is 1.96 bits per heavy atom. The maximum atomic E-state index is 13.0. The quantitative estimate of drug-likeness (QED) is 0.852. The van der Waals surface area contributed by atoms with E-state index in [4.69, 9.17) is 4.74 Å². The first kappa shape index (κ1) is 17.3. The van der Waals surface area contributed by atoms with E-state index in [0.29, 0.717) is 18.5 Å². The average molecular weight is 346 g/mol. The predicted molar refractivity (Wildman–Crippen MR) is 90.5 cm³/mol. The van der Waals surface area contributed by atoms with E-state index in [1.54, 1.807) is 20.8 Å². The van der Waals surface area contributed by atoms with E-state index in [9.17, 15) is 19.5 Å². The lowest BCUT2D eigenvalue weighted by Gasteiger charge is -2.27. The van der Waals surface area contributed by atoms with Crippen LogP contribution in [0.2, 0.25) is 0 Å². The van der Waals surface area contributed by atoms with E-state index < -0.39 is 35.7 Å². The number of hydrogen-bond acceptors (Lipinski definition) is 4. The molecule has 2 aliphatic heterocycles. The van der Waals surface area contributed by atoms with Crippen LogP contribution in [0.4, 0.5) is 10.5 Å². The number of hydrogen-bond donors (Lipinski definition) is 2. The molecule has 2 N–H and O–H groups in total. The van der Waals surface area contributed by atoms with Gasteiger partial charge in [-0.3, -0.25) is 9.69 Å². The van der Waals surface area contributed by atoms with E-state index >= 15 is 0 Å². The van der Waals surface area contributed by atoms with Crippen LogP contribution < -0.4 is 10.2 Å². The number of carbonyl (C=O) groups is 3. The van der Waals surface area contributed by atoms with E-state index in [0.717, 1.165) is 11.1 Å². The number of aryl methyl sites for hydroxylation is 1. The van der Waals surface area contributed by atoms with E-state index in [1.807, 2.05) is 18.2 Å². The first-order chi connectivity index (χ1) is 11.7. The number of nitrogens with one attached hydrogen (secondary N) is 1. The Morgan fingerprint density at radius 3 is 2.60 bits per heavy atom. The fourth-order valence-electron chi connectivity index (χ4n) is 3.41. The molecule has 0 unspecified atom stereocenters. The Hall–Kier alpha value is -2.57. The second-order valence-corrected chi connectivity index (χ2v) is 7.43. The fraction of sp³-hybridized carbons (Fsp3) is 0.500. The summed E-state index contributed by atoms with van der Waals surface area (Å²) >= 11 is 0. The van der Waals surface area contributed by atoms with Crippen molar-refractivity contribution in [3.8, 4) is 0 Å². The minimum atomic E-state index is -1.05. The SMILES string of the molecule is CC(C)(C)OC(=O)N[C@@H]1CCc2cccc3c2N(C1=O)[C@H](C(=O)O)C3. The first-order valence-corrected chi connectivity index (χ1v) is 8.33. The third-order valence-electron chi connectivity index (χ3n) is 4.38. The van der Waals surface area contributed by atoms with Gasteiger partial charge in [-0.25, -0.2) is 9.59 Å². The van der Waals surface area contributed by atoms with Gasteiger partial charge >= 0.3 is 12.1 Å². The second kappa shape index (κ2) is 6.06. The van der Waals surface area contributed by atoms with Gasteiger partial charge in [0.05, 0.1) is 5.69 Å². The number of alkyl carbamates (subject to hydrolysis) is 1. The largest absolute Gasteiger partial charge is 0.480 e. The van der Waals surface area contributed by atoms with Gasteiger partial charge in [0, 0.05) is 6.42 Å². The van der Waals surface area contributed by atoms with Crippen LogP contribution in [0.25, 0.3) is 0 Å². The molecule has 134 valence electrons. The molecule has 0 radical (unpaired) electrons. The standard InChI is InChI=1S/C18H22N2O5/c1-18(2,3)25-17(24)19-12-8-7-10-5-4-6-11-9-13(16(22)23)20(14(10)11)15(12)21/h4-6,12-13H,7-9H2,1-3H3,(H,19,24)(H,22,23)/t12-,13+/m1/s1. The summed E-state index contributed by atoms with van der Waals surface area (Å²) in [6, 6.07) is 3.88. The number of benzene rings is 1. The number of anilines is 1. The second-order valence-electron chi connectivity index (χ2n) is 7.43. The van der Waals surface area contributed by atoms with Crippen molar-refractivity contribution in [2.45, 2.75) is 57.7 Å². The van der Waals surface area contributed by atoms with E-state index in [1.165, 1.54) is 4.90 Å². The van der Waals surface area contributed by atoms with Gasteiger partial charge < -0.3 is 15.2 Å². The number of carbonyl (C=O) groups excluding carboxylic acids is 2. The van der Waals surface area contributed by atoms with Gasteiger partial charge in [0.1, 0.15) is 17.7 Å². The smallest absolute Gasteiger partial charge is 0.408 e. The van der Waals surface area contributed by atoms with Gasteiger partial charge in [0.2, 0.25) is 0 Å². The van der Waals surface area contributed by atoms with Crippen molar-refractivity contribution in [3.05, 3.63) is 29.3 Å². The van der Waals surface area contributed by atoms with Crippen molar-refractivity contribution in [1.29, 1.82) is 0 Å². The Labute approximate surface area is 146 Å². The highest BCUT2D eigenvalue weighted by molar-refractivity contribution is 6.06. The predicted octanol–water partition coefficient (Wildman–Crippen LogP) is 1.87. The number of aliphatic carboxylic acids is 1. The van der Waals surface area contributed by atoms with Crippen LogP contribution in [0, 0.1) is 0 Å². The van der Waals surface area contributed by atoms with Crippen LogP contribution in [0.3, 0.4) is 0 Å². The normalized spacial score (nSPS) is 22.2. The van der Waals surface area contributed by atoms with E-state index in [2.05, 4.69) is 5.32 Å². The Kier molecular flexibility index (Phi) is 4.18. The van der Waals surface area contributed by atoms with Crippen molar-refractivity contribution in [2.75, 3.05) is 4.90 Å². The van der Waals surface area contributed by atoms with Crippen molar-refractivity contribution < 1.29 is 24.2 Å². The summed E-state index contributed by atoms with van der Waals surface area (Å²) in [6.45, 7) is 5.22. The summed E-state index contributed by atoms with van der Waals surface area (Å²) in [7, 11) is 0. The molecule has 25 heavy (non-hydrogen) atoms. The third-order valence-corrected chi connectivity index (χ3v) is 4.38. The third kappa shape index (κ3) is 3.31. The van der Waals surface area contributed by atoms with Crippen LogP contribution in [0.1, 0.15) is 38.3 Å². The number of para-hydroxylation sites is 1. The number of rotatable bonds is 2. The molecular formula is C18H22N2O5. The first-order valence-electron chi connectivity index (χ1n) is 8.33. The molecule has 1 aromatic rings. The molecule has 0 fully saturated rings. The van der Waals surface area contributed by atoms with Crippen molar-refractivity contribution in [2.24, 2.45) is 0 Å². The minimum Gasteiger partial charge on any atom is -0.480 e. The fourth-order valence-corrected chi connectivity index (χ4v) is 3.41. The van der Waals surface area contributed by atoms with Gasteiger partial charge in [0.15, 0.2) is 0 Å². The van der Waals surface area contributed by atoms with Crippen molar-refractivity contribution in [3.63, 3.8) is 0 Å². The molecule has 2 atom stereocenters. The molecule has 2 amide bonds. The molecule has 3 rings (SSSR count). The average Bonchev–Trinajstić information content (AvgIpc) is 2.83. The summed E-state index contributed by atoms with van der Waals surface area (Å²) in [5.41, 5.74) is 1.80. The maximum Gasteiger partial charge on any atom is 0.408 e. The van der Waals surface area contributed by atoms with Crippen molar-refractivity contribution in [1.82, 2.24) is 5.32 Å². The van der Waals surface area contributed by atoms with Crippen LogP contribution in [0.15, 0.2) is 18.2 Å². The Balaban J connectivity index is 1.89. The molecule has 7 heteroatoms. The number of carboxylic acids is 1. The topological polar surface area (TPSA) is 95.9 Å². The van der Waals surface area contributed by atoms with Crippen LogP contribution in [-0.2, 0) is 27.2 Å². The van der Waals surface area contributed by atoms with E-state index in [-0.39, 0.29) is 6.42 Å². The summed E-state index contributed by atoms with van der Waals surface area (Å²) < 4.78 is 5.23. The van der Waals surface area contributed by atoms with Crippen molar-refractivity contribution >= 4 is 23.7 Å². The number of amides is 2. The lowest BCUT2D eigenvalue weighted by Crippen LogP contribution is -2.53. The lowest BCUT2D eigenvalue weighted by molar-refractivity contribution is -0.140. The zero-order valence-corrected chi connectivity index (χ0v) is 14.5. The van der Waals surface area contributed by atoms with Gasteiger partial charge in [-0.2, -0.15) is 0 Å². The summed E-state index contributed by atoms with van der Waals surface area (Å²) in [6.07, 6.45) is 0.585. The lowest BCUT2D eigenvalue weighted by atomic mass is 10.0. The molecule has 0 saturated carbocycles. The number of ether oxygens (including phenoxy) is 1. The highest BCUT2D eigenvalue weighted by Gasteiger charge is 2.44. The van der Waals surface area contributed by atoms with Crippen LogP contribution in [-0.4, -0.2) is 40.8 Å². The van der Waals surface area contributed by atoms with Gasteiger partial charge in [-0.05, 0) is 44.7 Å². The molecular weight excluding hydrogens is 324 g/mol. The molecule has 0 aromatic heterocycles. The molecule has 1 aromatic carbocycles. The summed E-state index contributed by atoms with van der Waals surface area (Å²) in [5, 5.41) is 12.1. The molecule has 0 spiro atoms. The minimum absolute atomic E-state index is 0.281. The van der Waals surface area contributed by atoms with Crippen LogP contribution in [0.5, 0.6) is 0 Å². The van der Waals surface area contributed by atoms with Gasteiger partial charge in [-0.1, -0.05) is 18.2 Å². The number of carboxylic acid groups (broad SMARTS) is 1. The molecule has 0 saturated heterocycles. The maximum absolute atomic E-state index is 13.0. The van der Waals surface area contributed by atoms with Gasteiger partial charge in [0.25, 0.3) is 5.91 Å². The van der Waals surface area contributed by atoms with Crippen LogP contribution >= 0.6 is 0 Å². The zero-order valence-electron chi connectivity index (χ0n) is 14.5. The molecule has 2 aliphatic rings. The molecule has 0 bridgehead atoms. The van der Waals surface area contributed by atoms with Gasteiger partial charge in [-0.15, -0.1) is 0 Å². The monoisotopic (exact) mass is 346 g/mol. The highest BCUT2D eigenvalue weighted by atomic mass is 16.6. The summed E-state index contributed by atoms with van der Waals surface area (Å²) in [4.78, 5) is 38.0. The number of nitrogens with zero attached hydrogens (tertiary/aromatic N) is 1. The molecule has 7 nitrogen and oxygen atoms in total. The Bertz CT molecular complexity index is 737. The zero-order chi connectivity index (χ0) is 18.4.